The number of thiol groups is 1. The molecule has 0 fully saturated rings. The molecule has 13 heteroatoms. The second kappa shape index (κ2) is 15.1. The number of benzene rings is 1. The Morgan fingerprint density at radius 1 is 0.912 bits per heavy atom. The van der Waals surface area contributed by atoms with E-state index >= 15 is 0 Å². The van der Waals surface area contributed by atoms with E-state index in [0.29, 0.717) is 24.9 Å². The van der Waals surface area contributed by atoms with Crippen molar-refractivity contribution in [1.29, 1.82) is 0 Å². The van der Waals surface area contributed by atoms with Crippen LogP contribution in [-0.2, 0) is 25.6 Å². The van der Waals surface area contributed by atoms with Crippen molar-refractivity contribution in [3.63, 3.8) is 0 Å². The van der Waals surface area contributed by atoms with Crippen LogP contribution in [0.15, 0.2) is 24.3 Å². The molecule has 1 rings (SSSR count). The van der Waals surface area contributed by atoms with E-state index in [-0.39, 0.29) is 24.3 Å². The first-order chi connectivity index (χ1) is 16.1. The second-order valence-electron chi connectivity index (χ2n) is 7.65. The highest BCUT2D eigenvalue weighted by molar-refractivity contribution is 7.80. The smallest absolute Gasteiger partial charge is 0.327 e. The van der Waals surface area contributed by atoms with Crippen LogP contribution in [0.3, 0.4) is 0 Å². The molecule has 1 aromatic carbocycles. The van der Waals surface area contributed by atoms with Crippen LogP contribution < -0.4 is 27.4 Å². The molecule has 4 unspecified atom stereocenters. The standard InChI is InChI=1S/C21H33N5O7S/c22-8-2-1-3-15(24-18(29)14(23)9-12-4-6-13(28)7-5-12)19(30)25-16(10-27)20(31)26-17(11-34)21(32)33/h4-7,14-17,27-28,34H,1-3,8-11,22-23H2,(H,24,29)(H,25,30)(H,26,31)(H,32,33). The summed E-state index contributed by atoms with van der Waals surface area (Å²) in [7, 11) is 0. The molecule has 34 heavy (non-hydrogen) atoms. The van der Waals surface area contributed by atoms with Gasteiger partial charge in [0.2, 0.25) is 17.7 Å². The van der Waals surface area contributed by atoms with Gasteiger partial charge in [0.1, 0.15) is 23.9 Å². The highest BCUT2D eigenvalue weighted by Crippen LogP contribution is 2.11. The van der Waals surface area contributed by atoms with Crippen molar-refractivity contribution < 1.29 is 34.5 Å². The molecule has 10 N–H and O–H groups in total. The Balaban J connectivity index is 2.83. The Kier molecular flexibility index (Phi) is 13.0. The first-order valence-corrected chi connectivity index (χ1v) is 11.3. The quantitative estimate of drug-likeness (QED) is 0.0948. The van der Waals surface area contributed by atoms with Gasteiger partial charge in [-0.25, -0.2) is 4.79 Å². The van der Waals surface area contributed by atoms with E-state index in [4.69, 9.17) is 16.6 Å². The predicted molar refractivity (Wildman–Crippen MR) is 127 cm³/mol. The minimum absolute atomic E-state index is 0.0740. The lowest BCUT2D eigenvalue weighted by Crippen LogP contribution is -2.58. The number of aliphatic carboxylic acids is 1. The van der Waals surface area contributed by atoms with E-state index in [1.54, 1.807) is 12.1 Å². The van der Waals surface area contributed by atoms with E-state index in [1.807, 2.05) is 0 Å². The van der Waals surface area contributed by atoms with Crippen molar-refractivity contribution in [1.82, 2.24) is 16.0 Å². The van der Waals surface area contributed by atoms with Gasteiger partial charge >= 0.3 is 5.97 Å². The zero-order valence-corrected chi connectivity index (χ0v) is 19.5. The molecule has 12 nitrogen and oxygen atoms in total. The van der Waals surface area contributed by atoms with Gasteiger partial charge in [0, 0.05) is 5.75 Å². The third-order valence-electron chi connectivity index (χ3n) is 4.92. The minimum Gasteiger partial charge on any atom is -0.508 e. The van der Waals surface area contributed by atoms with Gasteiger partial charge in [-0.15, -0.1) is 0 Å². The number of amides is 3. The fourth-order valence-electron chi connectivity index (χ4n) is 2.94. The third kappa shape index (κ3) is 9.95. The fraction of sp³-hybridized carbons (Fsp3) is 0.524. The number of aromatic hydroxyl groups is 1. The number of carboxylic acid groups (broad SMARTS) is 1. The predicted octanol–water partition coefficient (Wildman–Crippen LogP) is -2.15. The number of nitrogens with two attached hydrogens (primary N) is 2. The van der Waals surface area contributed by atoms with Crippen LogP contribution in [0.4, 0.5) is 0 Å². The normalized spacial score (nSPS) is 14.4. The van der Waals surface area contributed by atoms with Crippen molar-refractivity contribution in [3.05, 3.63) is 29.8 Å². The number of phenolic OH excluding ortho intramolecular Hbond substituents is 1. The number of hydrogen-bond acceptors (Lipinski definition) is 9. The van der Waals surface area contributed by atoms with Gasteiger partial charge in [0.15, 0.2) is 0 Å². The molecule has 0 saturated carbocycles. The minimum atomic E-state index is -1.44. The summed E-state index contributed by atoms with van der Waals surface area (Å²) < 4.78 is 0. The lowest BCUT2D eigenvalue weighted by atomic mass is 10.0. The number of unbranched alkanes of at least 4 members (excludes halogenated alkanes) is 1. The number of aliphatic hydroxyl groups excluding tert-OH is 1. The summed E-state index contributed by atoms with van der Waals surface area (Å²) in [5.74, 6) is -3.69. The molecule has 190 valence electrons. The summed E-state index contributed by atoms with van der Waals surface area (Å²) in [6.45, 7) is -0.412. The van der Waals surface area contributed by atoms with E-state index in [9.17, 15) is 29.4 Å². The highest BCUT2D eigenvalue weighted by atomic mass is 32.1. The van der Waals surface area contributed by atoms with Crippen molar-refractivity contribution in [2.45, 2.75) is 49.9 Å². The molecule has 0 spiro atoms. The van der Waals surface area contributed by atoms with Crippen molar-refractivity contribution in [3.8, 4) is 5.75 Å². The second-order valence-corrected chi connectivity index (χ2v) is 8.01. The van der Waals surface area contributed by atoms with Crippen molar-refractivity contribution in [2.24, 2.45) is 11.5 Å². The van der Waals surface area contributed by atoms with Crippen molar-refractivity contribution in [2.75, 3.05) is 18.9 Å². The van der Waals surface area contributed by atoms with E-state index in [0.717, 1.165) is 0 Å². The molecule has 3 amide bonds. The van der Waals surface area contributed by atoms with Crippen LogP contribution in [0.25, 0.3) is 0 Å². The summed E-state index contributed by atoms with van der Waals surface area (Å²) in [5.41, 5.74) is 12.2. The SMILES string of the molecule is NCCCCC(NC(=O)C(N)Cc1ccc(O)cc1)C(=O)NC(CO)C(=O)NC(CS)C(=O)O. The summed E-state index contributed by atoms with van der Waals surface area (Å²) in [4.78, 5) is 48.8. The largest absolute Gasteiger partial charge is 0.508 e. The Morgan fingerprint density at radius 2 is 1.47 bits per heavy atom. The van der Waals surface area contributed by atoms with Crippen LogP contribution in [0.5, 0.6) is 5.75 Å². The molecular weight excluding hydrogens is 466 g/mol. The third-order valence-corrected chi connectivity index (χ3v) is 5.29. The number of nitrogens with one attached hydrogen (secondary N) is 3. The highest BCUT2D eigenvalue weighted by Gasteiger charge is 2.29. The molecule has 4 atom stereocenters. The van der Waals surface area contributed by atoms with Crippen molar-refractivity contribution >= 4 is 36.3 Å². The molecule has 0 bridgehead atoms. The summed E-state index contributed by atoms with van der Waals surface area (Å²) in [6.07, 6.45) is 1.45. The maximum absolute atomic E-state index is 12.8. The monoisotopic (exact) mass is 499 g/mol. The number of hydrogen-bond donors (Lipinski definition) is 9. The maximum Gasteiger partial charge on any atom is 0.327 e. The summed E-state index contributed by atoms with van der Waals surface area (Å²) >= 11 is 3.85. The van der Waals surface area contributed by atoms with Gasteiger partial charge in [-0.1, -0.05) is 12.1 Å². The number of phenols is 1. The average Bonchev–Trinajstić information content (AvgIpc) is 2.81. The van der Waals surface area contributed by atoms with Gasteiger partial charge in [-0.3, -0.25) is 14.4 Å². The first kappa shape index (κ1) is 29.2. The molecule has 0 aliphatic rings. The Bertz CT molecular complexity index is 824. The number of carbonyl (C=O) groups is 4. The number of rotatable bonds is 15. The zero-order valence-electron chi connectivity index (χ0n) is 18.6. The zero-order chi connectivity index (χ0) is 25.7. The van der Waals surface area contributed by atoms with Gasteiger partial charge in [-0.2, -0.15) is 12.6 Å². The van der Waals surface area contributed by atoms with Crippen LogP contribution in [0.2, 0.25) is 0 Å². The number of carboxylic acids is 1. The topological polar surface area (TPSA) is 217 Å². The van der Waals surface area contributed by atoms with Crippen LogP contribution in [0, 0.1) is 0 Å². The molecule has 0 radical (unpaired) electrons. The van der Waals surface area contributed by atoms with Crippen LogP contribution in [-0.4, -0.2) is 82.1 Å². The molecule has 0 aliphatic carbocycles. The molecule has 0 aromatic heterocycles. The maximum atomic E-state index is 12.8. The van der Waals surface area contributed by atoms with Gasteiger partial charge in [0.25, 0.3) is 0 Å². The lowest BCUT2D eigenvalue weighted by molar-refractivity contribution is -0.142. The molecule has 1 aromatic rings. The molecular formula is C21H33N5O7S. The lowest BCUT2D eigenvalue weighted by Gasteiger charge is -2.24. The fourth-order valence-corrected chi connectivity index (χ4v) is 3.19. The average molecular weight is 500 g/mol. The van der Waals surface area contributed by atoms with E-state index < -0.39 is 54.5 Å². The van der Waals surface area contributed by atoms with E-state index in [2.05, 4.69) is 28.6 Å². The number of carbonyl (C=O) groups excluding carboxylic acids is 3. The van der Waals surface area contributed by atoms with Gasteiger partial charge < -0.3 is 42.7 Å². The van der Waals surface area contributed by atoms with Crippen LogP contribution >= 0.6 is 12.6 Å². The first-order valence-electron chi connectivity index (χ1n) is 10.7. The summed E-state index contributed by atoms with van der Waals surface area (Å²) in [5, 5.41) is 35.0. The van der Waals surface area contributed by atoms with Gasteiger partial charge in [0.05, 0.1) is 12.6 Å². The summed E-state index contributed by atoms with van der Waals surface area (Å²) in [6, 6.07) is 1.37. The van der Waals surface area contributed by atoms with Crippen LogP contribution in [0.1, 0.15) is 24.8 Å². The van der Waals surface area contributed by atoms with E-state index in [1.165, 1.54) is 12.1 Å². The molecule has 0 aliphatic heterocycles. The Hall–Kier alpha value is -2.87. The Labute approximate surface area is 202 Å². The molecule has 0 saturated heterocycles. The van der Waals surface area contributed by atoms with Gasteiger partial charge in [-0.05, 0) is 49.9 Å². The number of aliphatic hydroxyl groups is 1. The Morgan fingerprint density at radius 3 is 2.00 bits per heavy atom. The molecule has 0 heterocycles.